The molecule has 1 saturated carbocycles. The predicted octanol–water partition coefficient (Wildman–Crippen LogP) is 4.32. The molecule has 1 aliphatic carbocycles. The number of hydrogen-bond acceptors (Lipinski definition) is 2. The maximum Gasteiger partial charge on any atom is 0.0594 e. The second-order valence-corrected chi connectivity index (χ2v) is 6.72. The largest absolute Gasteiger partial charge is 0.377 e. The molecule has 0 aliphatic heterocycles. The number of hydrogen-bond donors (Lipinski definition) is 1. The molecule has 1 aromatic carbocycles. The Balaban J connectivity index is 1.57. The van der Waals surface area contributed by atoms with Gasteiger partial charge in [-0.1, -0.05) is 57.4 Å². The lowest BCUT2D eigenvalue weighted by molar-refractivity contribution is 0.0302. The van der Waals surface area contributed by atoms with Crippen LogP contribution in [-0.4, -0.2) is 19.3 Å². The van der Waals surface area contributed by atoms with E-state index in [1.165, 1.54) is 49.7 Å². The zero-order valence-electron chi connectivity index (χ0n) is 13.7. The maximum absolute atomic E-state index is 5.92. The van der Waals surface area contributed by atoms with Gasteiger partial charge in [0.2, 0.25) is 0 Å². The van der Waals surface area contributed by atoms with Crippen LogP contribution in [0.25, 0.3) is 0 Å². The third-order valence-corrected chi connectivity index (χ3v) is 4.18. The van der Waals surface area contributed by atoms with Gasteiger partial charge in [-0.2, -0.15) is 0 Å². The van der Waals surface area contributed by atoms with Gasteiger partial charge in [-0.25, -0.2) is 0 Å². The number of ether oxygens (including phenoxy) is 1. The number of benzene rings is 1. The lowest BCUT2D eigenvalue weighted by atomic mass is 9.98. The van der Waals surface area contributed by atoms with Crippen LogP contribution in [0.2, 0.25) is 0 Å². The van der Waals surface area contributed by atoms with Crippen molar-refractivity contribution >= 4 is 0 Å². The molecule has 21 heavy (non-hydrogen) atoms. The monoisotopic (exact) mass is 289 g/mol. The summed E-state index contributed by atoms with van der Waals surface area (Å²) in [5, 5.41) is 3.48. The Morgan fingerprint density at radius 1 is 1.05 bits per heavy atom. The Morgan fingerprint density at radius 3 is 2.38 bits per heavy atom. The highest BCUT2D eigenvalue weighted by atomic mass is 16.5. The van der Waals surface area contributed by atoms with Gasteiger partial charge in [-0.15, -0.1) is 0 Å². The molecule has 0 heterocycles. The summed E-state index contributed by atoms with van der Waals surface area (Å²) in [6, 6.07) is 9.00. The smallest absolute Gasteiger partial charge is 0.0594 e. The summed E-state index contributed by atoms with van der Waals surface area (Å²) in [5.41, 5.74) is 2.80. The van der Waals surface area contributed by atoms with Gasteiger partial charge in [0.1, 0.15) is 0 Å². The molecule has 2 rings (SSSR count). The molecule has 1 aromatic rings. The molecule has 0 unspecified atom stereocenters. The van der Waals surface area contributed by atoms with E-state index in [4.69, 9.17) is 4.74 Å². The van der Waals surface area contributed by atoms with Gasteiger partial charge in [-0.05, 0) is 36.3 Å². The first-order chi connectivity index (χ1) is 10.2. The fourth-order valence-electron chi connectivity index (χ4n) is 3.03. The van der Waals surface area contributed by atoms with Gasteiger partial charge < -0.3 is 10.1 Å². The quantitative estimate of drug-likeness (QED) is 0.719. The van der Waals surface area contributed by atoms with Gasteiger partial charge >= 0.3 is 0 Å². The van der Waals surface area contributed by atoms with Crippen molar-refractivity contribution < 1.29 is 4.74 Å². The Bertz CT molecular complexity index is 379. The van der Waals surface area contributed by atoms with Crippen LogP contribution in [0.5, 0.6) is 0 Å². The molecule has 0 bridgehead atoms. The average molecular weight is 289 g/mol. The highest BCUT2D eigenvalue weighted by molar-refractivity contribution is 5.22. The lowest BCUT2D eigenvalue weighted by Crippen LogP contribution is -2.24. The van der Waals surface area contributed by atoms with Gasteiger partial charge in [-0.3, -0.25) is 0 Å². The second kappa shape index (κ2) is 9.22. The minimum Gasteiger partial charge on any atom is -0.377 e. The van der Waals surface area contributed by atoms with Crippen LogP contribution in [0.4, 0.5) is 0 Å². The molecule has 0 saturated heterocycles. The molecular formula is C19H31NO. The van der Waals surface area contributed by atoms with Crippen LogP contribution in [0.1, 0.15) is 57.1 Å². The summed E-state index contributed by atoms with van der Waals surface area (Å²) < 4.78 is 5.92. The van der Waals surface area contributed by atoms with Crippen molar-refractivity contribution in [2.24, 2.45) is 5.92 Å². The van der Waals surface area contributed by atoms with E-state index in [1.807, 2.05) is 0 Å². The minimum atomic E-state index is 0.524. The van der Waals surface area contributed by atoms with E-state index in [9.17, 15) is 0 Å². The summed E-state index contributed by atoms with van der Waals surface area (Å²) in [4.78, 5) is 0. The highest BCUT2D eigenvalue weighted by Gasteiger charge is 2.12. The predicted molar refractivity (Wildman–Crippen MR) is 89.5 cm³/mol. The van der Waals surface area contributed by atoms with E-state index in [2.05, 4.69) is 43.4 Å². The van der Waals surface area contributed by atoms with Gasteiger partial charge in [0.05, 0.1) is 12.7 Å². The number of nitrogens with one attached hydrogen (secondary N) is 1. The molecule has 0 radical (unpaired) electrons. The Labute approximate surface area is 130 Å². The Kier molecular flexibility index (Phi) is 7.25. The maximum atomic E-state index is 5.92. The van der Waals surface area contributed by atoms with Crippen LogP contribution in [0.15, 0.2) is 24.3 Å². The van der Waals surface area contributed by atoms with Crippen molar-refractivity contribution in [1.29, 1.82) is 0 Å². The Hall–Kier alpha value is -0.860. The molecule has 0 aromatic heterocycles. The zero-order valence-corrected chi connectivity index (χ0v) is 13.7. The van der Waals surface area contributed by atoms with Crippen LogP contribution >= 0.6 is 0 Å². The van der Waals surface area contributed by atoms with Gasteiger partial charge in [0, 0.05) is 13.1 Å². The third kappa shape index (κ3) is 6.62. The molecule has 0 atom stereocenters. The molecule has 1 fully saturated rings. The first-order valence-electron chi connectivity index (χ1n) is 8.64. The van der Waals surface area contributed by atoms with Crippen molar-refractivity contribution in [2.75, 3.05) is 13.2 Å². The van der Waals surface area contributed by atoms with Crippen molar-refractivity contribution in [1.82, 2.24) is 5.32 Å². The standard InChI is InChI=1S/C19H31NO/c1-16(2)14-17-8-10-18(11-9-17)15-20-12-13-21-19-6-4-3-5-7-19/h8-11,16,19-20H,3-7,12-15H2,1-2H3. The van der Waals surface area contributed by atoms with E-state index in [1.54, 1.807) is 0 Å². The van der Waals surface area contributed by atoms with Crippen molar-refractivity contribution in [3.8, 4) is 0 Å². The molecule has 2 nitrogen and oxygen atoms in total. The van der Waals surface area contributed by atoms with Gasteiger partial charge in [0.15, 0.2) is 0 Å². The normalized spacial score (nSPS) is 16.5. The summed E-state index contributed by atoms with van der Waals surface area (Å²) in [6.45, 7) is 7.26. The van der Waals surface area contributed by atoms with Crippen LogP contribution < -0.4 is 5.32 Å². The van der Waals surface area contributed by atoms with Crippen LogP contribution in [-0.2, 0) is 17.7 Å². The second-order valence-electron chi connectivity index (χ2n) is 6.72. The topological polar surface area (TPSA) is 21.3 Å². The van der Waals surface area contributed by atoms with Crippen molar-refractivity contribution in [2.45, 2.75) is 65.0 Å². The first-order valence-corrected chi connectivity index (χ1v) is 8.64. The van der Waals surface area contributed by atoms with Crippen LogP contribution in [0, 0.1) is 5.92 Å². The summed E-state index contributed by atoms with van der Waals surface area (Å²) in [7, 11) is 0. The first kappa shape index (κ1) is 16.5. The lowest BCUT2D eigenvalue weighted by Gasteiger charge is -2.22. The molecule has 0 spiro atoms. The number of rotatable bonds is 8. The van der Waals surface area contributed by atoms with E-state index in [0.29, 0.717) is 6.10 Å². The SMILES string of the molecule is CC(C)Cc1ccc(CNCCOC2CCCCC2)cc1. The summed E-state index contributed by atoms with van der Waals surface area (Å²) in [6.07, 6.45) is 8.31. The van der Waals surface area contributed by atoms with E-state index in [-0.39, 0.29) is 0 Å². The molecule has 1 aliphatic rings. The fourth-order valence-corrected chi connectivity index (χ4v) is 3.03. The molecular weight excluding hydrogens is 258 g/mol. The third-order valence-electron chi connectivity index (χ3n) is 4.18. The molecule has 118 valence electrons. The zero-order chi connectivity index (χ0) is 14.9. The highest BCUT2D eigenvalue weighted by Crippen LogP contribution is 2.19. The van der Waals surface area contributed by atoms with Crippen LogP contribution in [0.3, 0.4) is 0 Å². The van der Waals surface area contributed by atoms with E-state index in [0.717, 1.165) is 25.6 Å². The van der Waals surface area contributed by atoms with Gasteiger partial charge in [0.25, 0.3) is 0 Å². The summed E-state index contributed by atoms with van der Waals surface area (Å²) in [5.74, 6) is 0.728. The minimum absolute atomic E-state index is 0.524. The van der Waals surface area contributed by atoms with Crippen molar-refractivity contribution in [3.05, 3.63) is 35.4 Å². The Morgan fingerprint density at radius 2 is 1.71 bits per heavy atom. The summed E-state index contributed by atoms with van der Waals surface area (Å²) >= 11 is 0. The molecule has 0 amide bonds. The fraction of sp³-hybridized carbons (Fsp3) is 0.684. The van der Waals surface area contributed by atoms with E-state index >= 15 is 0 Å². The molecule has 2 heteroatoms. The average Bonchev–Trinajstić information content (AvgIpc) is 2.49. The van der Waals surface area contributed by atoms with E-state index < -0.39 is 0 Å². The van der Waals surface area contributed by atoms with Crippen molar-refractivity contribution in [3.63, 3.8) is 0 Å². The molecule has 1 N–H and O–H groups in total.